The van der Waals surface area contributed by atoms with E-state index in [2.05, 4.69) is 4.74 Å². The predicted octanol–water partition coefficient (Wildman–Crippen LogP) is 6.54. The quantitative estimate of drug-likeness (QED) is 0.207. The standard InChI is InChI=1S/C26H18Cl2F3NO6/c1-36-16-8-6-13(7-9-16)21-20(22(33)18-10-14(27)11-19(28)24(18)37-2)23(34)25(35)32(21)15-4-3-5-17(12-15)38-26(29,30)31/h3-12,21,33H,1-2H3/b22-20+. The van der Waals surface area contributed by atoms with Crippen molar-refractivity contribution in [3.63, 3.8) is 0 Å². The van der Waals surface area contributed by atoms with Crippen LogP contribution in [-0.2, 0) is 9.59 Å². The lowest BCUT2D eigenvalue weighted by Crippen LogP contribution is -2.29. The summed E-state index contributed by atoms with van der Waals surface area (Å²) >= 11 is 12.3. The van der Waals surface area contributed by atoms with Crippen molar-refractivity contribution >= 4 is 46.3 Å². The number of ketones is 1. The maximum Gasteiger partial charge on any atom is 0.573 e. The third-order valence-electron chi connectivity index (χ3n) is 5.67. The number of rotatable bonds is 6. The van der Waals surface area contributed by atoms with Crippen LogP contribution >= 0.6 is 23.2 Å². The summed E-state index contributed by atoms with van der Waals surface area (Å²) in [5.74, 6) is -2.97. The lowest BCUT2D eigenvalue weighted by atomic mass is 9.94. The number of carbonyl (C=O) groups is 2. The average Bonchev–Trinajstić information content (AvgIpc) is 3.12. The molecule has 3 aromatic rings. The Morgan fingerprint density at radius 1 is 0.947 bits per heavy atom. The normalized spacial score (nSPS) is 17.0. The fraction of sp³-hybridized carbons (Fsp3) is 0.154. The van der Waals surface area contributed by atoms with Crippen LogP contribution in [-0.4, -0.2) is 37.4 Å². The van der Waals surface area contributed by atoms with E-state index in [1.165, 1.54) is 38.5 Å². The van der Waals surface area contributed by atoms with Crippen LogP contribution in [0.25, 0.3) is 5.76 Å². The molecule has 12 heteroatoms. The van der Waals surface area contributed by atoms with Gasteiger partial charge in [0, 0.05) is 16.8 Å². The summed E-state index contributed by atoms with van der Waals surface area (Å²) in [5.41, 5.74) is -0.153. The lowest BCUT2D eigenvalue weighted by molar-refractivity contribution is -0.274. The largest absolute Gasteiger partial charge is 0.573 e. The highest BCUT2D eigenvalue weighted by Crippen LogP contribution is 2.45. The van der Waals surface area contributed by atoms with E-state index < -0.39 is 35.6 Å². The molecule has 1 atom stereocenters. The van der Waals surface area contributed by atoms with Gasteiger partial charge in [-0.2, -0.15) is 0 Å². The van der Waals surface area contributed by atoms with Crippen molar-refractivity contribution in [3.05, 3.63) is 87.4 Å². The number of Topliss-reactive ketones (excluding diaryl/α,β-unsaturated/α-hetero) is 1. The summed E-state index contributed by atoms with van der Waals surface area (Å²) in [7, 11) is 2.74. The molecule has 7 nitrogen and oxygen atoms in total. The molecule has 1 unspecified atom stereocenters. The Labute approximate surface area is 224 Å². The van der Waals surface area contributed by atoms with Crippen LogP contribution in [0.5, 0.6) is 17.2 Å². The average molecular weight is 568 g/mol. The van der Waals surface area contributed by atoms with Gasteiger partial charge in [-0.3, -0.25) is 14.5 Å². The zero-order valence-corrected chi connectivity index (χ0v) is 21.2. The van der Waals surface area contributed by atoms with E-state index in [0.717, 1.165) is 17.0 Å². The van der Waals surface area contributed by atoms with E-state index in [1.807, 2.05) is 0 Å². The molecule has 0 spiro atoms. The molecule has 1 heterocycles. The minimum absolute atomic E-state index is 0.00572. The van der Waals surface area contributed by atoms with Crippen LogP contribution in [0.1, 0.15) is 17.2 Å². The molecule has 0 saturated carbocycles. The number of hydrogen-bond donors (Lipinski definition) is 1. The molecule has 1 amide bonds. The number of methoxy groups -OCH3 is 2. The first-order valence-corrected chi connectivity index (χ1v) is 11.5. The smallest absolute Gasteiger partial charge is 0.507 e. The third kappa shape index (κ3) is 5.23. The van der Waals surface area contributed by atoms with Crippen molar-refractivity contribution in [2.24, 2.45) is 0 Å². The second kappa shape index (κ2) is 10.5. The lowest BCUT2D eigenvalue weighted by Gasteiger charge is -2.26. The first-order chi connectivity index (χ1) is 17.9. The molecule has 1 N–H and O–H groups in total. The Bertz CT molecular complexity index is 1440. The number of hydrogen-bond acceptors (Lipinski definition) is 6. The zero-order chi connectivity index (χ0) is 27.8. The van der Waals surface area contributed by atoms with E-state index in [9.17, 15) is 27.9 Å². The first-order valence-electron chi connectivity index (χ1n) is 10.8. The number of nitrogens with zero attached hydrogens (tertiary/aromatic N) is 1. The number of aliphatic hydroxyl groups is 1. The van der Waals surface area contributed by atoms with Gasteiger partial charge >= 0.3 is 6.36 Å². The Kier molecular flexibility index (Phi) is 7.48. The van der Waals surface area contributed by atoms with Crippen LogP contribution in [0.15, 0.2) is 66.2 Å². The minimum Gasteiger partial charge on any atom is -0.507 e. The minimum atomic E-state index is -4.98. The Morgan fingerprint density at radius 3 is 2.24 bits per heavy atom. The van der Waals surface area contributed by atoms with Gasteiger partial charge < -0.3 is 19.3 Å². The van der Waals surface area contributed by atoms with Crippen LogP contribution in [0.4, 0.5) is 18.9 Å². The van der Waals surface area contributed by atoms with Crippen molar-refractivity contribution in [3.8, 4) is 17.2 Å². The Balaban J connectivity index is 1.96. The maximum atomic E-state index is 13.3. The summed E-state index contributed by atoms with van der Waals surface area (Å²) in [4.78, 5) is 27.6. The molecule has 4 rings (SSSR count). The van der Waals surface area contributed by atoms with Crippen LogP contribution < -0.4 is 19.1 Å². The van der Waals surface area contributed by atoms with Crippen molar-refractivity contribution in [2.45, 2.75) is 12.4 Å². The molecule has 38 heavy (non-hydrogen) atoms. The number of aliphatic hydroxyl groups excluding tert-OH is 1. The second-order valence-electron chi connectivity index (χ2n) is 7.96. The second-order valence-corrected chi connectivity index (χ2v) is 8.80. The molecule has 1 aliphatic heterocycles. The molecule has 198 valence electrons. The third-order valence-corrected chi connectivity index (χ3v) is 6.17. The van der Waals surface area contributed by atoms with Gasteiger partial charge in [0.05, 0.1) is 36.4 Å². The number of ether oxygens (including phenoxy) is 3. The number of benzene rings is 3. The Morgan fingerprint density at radius 2 is 1.63 bits per heavy atom. The molecule has 1 fully saturated rings. The topological polar surface area (TPSA) is 85.3 Å². The number of carbonyl (C=O) groups excluding carboxylic acids is 2. The van der Waals surface area contributed by atoms with E-state index in [0.29, 0.717) is 11.3 Å². The summed E-state index contributed by atoms with van der Waals surface area (Å²) in [6.07, 6.45) is -4.98. The van der Waals surface area contributed by atoms with Gasteiger partial charge in [-0.1, -0.05) is 41.4 Å². The predicted molar refractivity (Wildman–Crippen MR) is 134 cm³/mol. The number of halogens is 5. The van der Waals surface area contributed by atoms with E-state index in [1.54, 1.807) is 24.3 Å². The van der Waals surface area contributed by atoms with E-state index in [4.69, 9.17) is 32.7 Å². The SMILES string of the molecule is COc1ccc(C2/C(=C(\O)c3cc(Cl)cc(Cl)c3OC)C(=O)C(=O)N2c2cccc(OC(F)(F)F)c2)cc1. The van der Waals surface area contributed by atoms with E-state index in [-0.39, 0.29) is 32.6 Å². The molecule has 0 radical (unpaired) electrons. The molecule has 0 aromatic heterocycles. The first kappa shape index (κ1) is 27.2. The van der Waals surface area contributed by atoms with Gasteiger partial charge in [0.15, 0.2) is 0 Å². The zero-order valence-electron chi connectivity index (χ0n) is 19.7. The van der Waals surface area contributed by atoms with Crippen molar-refractivity contribution in [1.29, 1.82) is 0 Å². The highest BCUT2D eigenvalue weighted by atomic mass is 35.5. The molecule has 1 aliphatic rings. The monoisotopic (exact) mass is 567 g/mol. The van der Waals surface area contributed by atoms with Crippen LogP contribution in [0.2, 0.25) is 10.0 Å². The summed E-state index contributed by atoms with van der Waals surface area (Å²) in [6.45, 7) is 0. The summed E-state index contributed by atoms with van der Waals surface area (Å²) in [6, 6.07) is 12.2. The highest BCUT2D eigenvalue weighted by molar-refractivity contribution is 6.52. The van der Waals surface area contributed by atoms with Gasteiger partial charge in [-0.25, -0.2) is 0 Å². The van der Waals surface area contributed by atoms with Gasteiger partial charge in [0.1, 0.15) is 23.0 Å². The van der Waals surface area contributed by atoms with Gasteiger partial charge in [0.25, 0.3) is 11.7 Å². The van der Waals surface area contributed by atoms with Crippen molar-refractivity contribution in [2.75, 3.05) is 19.1 Å². The number of amides is 1. The fourth-order valence-electron chi connectivity index (χ4n) is 4.12. The highest BCUT2D eigenvalue weighted by Gasteiger charge is 2.47. The molecule has 0 aliphatic carbocycles. The fourth-order valence-corrected chi connectivity index (χ4v) is 4.69. The summed E-state index contributed by atoms with van der Waals surface area (Å²) < 4.78 is 53.0. The van der Waals surface area contributed by atoms with Gasteiger partial charge in [-0.15, -0.1) is 13.2 Å². The van der Waals surface area contributed by atoms with E-state index >= 15 is 0 Å². The molecule has 0 bridgehead atoms. The molecular formula is C26H18Cl2F3NO6. The van der Waals surface area contributed by atoms with Crippen LogP contribution in [0, 0.1) is 0 Å². The molecular weight excluding hydrogens is 550 g/mol. The van der Waals surface area contributed by atoms with Crippen molar-refractivity contribution in [1.82, 2.24) is 0 Å². The van der Waals surface area contributed by atoms with Gasteiger partial charge in [-0.05, 0) is 42.0 Å². The van der Waals surface area contributed by atoms with Crippen molar-refractivity contribution < 1.29 is 42.1 Å². The summed E-state index contributed by atoms with van der Waals surface area (Å²) in [5, 5.41) is 11.5. The van der Waals surface area contributed by atoms with Gasteiger partial charge in [0.2, 0.25) is 0 Å². The molecule has 1 saturated heterocycles. The maximum absolute atomic E-state index is 13.3. The number of anilines is 1. The van der Waals surface area contributed by atoms with Crippen LogP contribution in [0.3, 0.4) is 0 Å². The molecule has 3 aromatic carbocycles. The Hall–Kier alpha value is -3.89. The number of alkyl halides is 3.